The third kappa shape index (κ3) is 0.759. The Hall–Kier alpha value is -1.06. The number of hydrogen-bond acceptors (Lipinski definition) is 2. The van der Waals surface area contributed by atoms with Crippen LogP contribution in [0.4, 0.5) is 4.79 Å². The highest BCUT2D eigenvalue weighted by atomic mass is 16.2. The van der Waals surface area contributed by atoms with Gasteiger partial charge >= 0.3 is 6.03 Å². The van der Waals surface area contributed by atoms with Gasteiger partial charge in [0.05, 0.1) is 0 Å². The molecule has 0 aromatic carbocycles. The van der Waals surface area contributed by atoms with Gasteiger partial charge < -0.3 is 5.32 Å². The first-order chi connectivity index (χ1) is 6.21. The van der Waals surface area contributed by atoms with Crippen molar-refractivity contribution < 1.29 is 9.59 Å². The molecule has 13 heavy (non-hydrogen) atoms. The molecule has 2 bridgehead atoms. The fraction of sp³-hybridized carbons (Fsp3) is 0.778. The van der Waals surface area contributed by atoms with Gasteiger partial charge in [-0.3, -0.25) is 10.1 Å². The monoisotopic (exact) mass is 180 g/mol. The van der Waals surface area contributed by atoms with Crippen molar-refractivity contribution in [3.8, 4) is 0 Å². The van der Waals surface area contributed by atoms with E-state index in [2.05, 4.69) is 10.6 Å². The minimum Gasteiger partial charge on any atom is -0.323 e. The van der Waals surface area contributed by atoms with E-state index in [1.54, 1.807) is 0 Å². The standard InChI is InChI=1S/C9H12N2O2/c12-7-9(11-8(13)10-7)4-5-1-2-6(9)3-5/h5-6H,1-4H2,(H2,10,11,12,13)/t5-,6-,9+/m1/s1. The lowest BCUT2D eigenvalue weighted by Gasteiger charge is -2.30. The molecular formula is C9H12N2O2. The van der Waals surface area contributed by atoms with Crippen molar-refractivity contribution >= 4 is 11.9 Å². The summed E-state index contributed by atoms with van der Waals surface area (Å²) in [7, 11) is 0. The average molecular weight is 180 g/mol. The van der Waals surface area contributed by atoms with Crippen LogP contribution in [0.25, 0.3) is 0 Å². The number of carbonyl (C=O) groups excluding carboxylic acids is 2. The highest BCUT2D eigenvalue weighted by Crippen LogP contribution is 2.51. The van der Waals surface area contributed by atoms with Crippen LogP contribution >= 0.6 is 0 Å². The van der Waals surface area contributed by atoms with E-state index in [-0.39, 0.29) is 11.9 Å². The predicted molar refractivity (Wildman–Crippen MR) is 44.9 cm³/mol. The Morgan fingerprint density at radius 3 is 2.62 bits per heavy atom. The number of fused-ring (bicyclic) bond motifs is 3. The quantitative estimate of drug-likeness (QED) is 0.530. The van der Waals surface area contributed by atoms with Crippen LogP contribution in [-0.4, -0.2) is 17.5 Å². The maximum Gasteiger partial charge on any atom is 0.322 e. The number of carbonyl (C=O) groups is 2. The van der Waals surface area contributed by atoms with Crippen molar-refractivity contribution in [1.82, 2.24) is 10.6 Å². The zero-order chi connectivity index (χ0) is 9.05. The van der Waals surface area contributed by atoms with Gasteiger partial charge in [0.2, 0.25) is 0 Å². The largest absolute Gasteiger partial charge is 0.323 e. The van der Waals surface area contributed by atoms with Gasteiger partial charge in [-0.15, -0.1) is 0 Å². The summed E-state index contributed by atoms with van der Waals surface area (Å²) in [4.78, 5) is 22.7. The molecule has 1 aliphatic heterocycles. The summed E-state index contributed by atoms with van der Waals surface area (Å²) in [5, 5.41) is 5.16. The van der Waals surface area contributed by atoms with Gasteiger partial charge in [0.25, 0.3) is 5.91 Å². The van der Waals surface area contributed by atoms with Crippen LogP contribution in [0, 0.1) is 11.8 Å². The Kier molecular flexibility index (Phi) is 1.16. The second-order valence-electron chi connectivity index (χ2n) is 4.46. The highest BCUT2D eigenvalue weighted by molar-refractivity contribution is 6.07. The summed E-state index contributed by atoms with van der Waals surface area (Å²) in [5.41, 5.74) is -0.514. The molecule has 4 nitrogen and oxygen atoms in total. The first-order valence-corrected chi connectivity index (χ1v) is 4.84. The summed E-state index contributed by atoms with van der Waals surface area (Å²) in [5.74, 6) is 0.961. The Morgan fingerprint density at radius 2 is 2.15 bits per heavy atom. The van der Waals surface area contributed by atoms with Gasteiger partial charge in [-0.1, -0.05) is 0 Å². The molecule has 3 rings (SSSR count). The summed E-state index contributed by atoms with van der Waals surface area (Å²) in [6.07, 6.45) is 4.30. The lowest BCUT2D eigenvalue weighted by molar-refractivity contribution is -0.125. The third-order valence-corrected chi connectivity index (χ3v) is 3.82. The van der Waals surface area contributed by atoms with E-state index in [9.17, 15) is 9.59 Å². The van der Waals surface area contributed by atoms with Crippen LogP contribution in [-0.2, 0) is 4.79 Å². The number of nitrogens with one attached hydrogen (secondary N) is 2. The first kappa shape index (κ1) is 7.35. The number of urea groups is 1. The molecule has 1 heterocycles. The number of amides is 3. The van der Waals surface area contributed by atoms with E-state index < -0.39 is 5.54 Å². The molecule has 70 valence electrons. The molecular weight excluding hydrogens is 168 g/mol. The third-order valence-electron chi connectivity index (χ3n) is 3.82. The zero-order valence-electron chi connectivity index (χ0n) is 7.30. The van der Waals surface area contributed by atoms with Gasteiger partial charge in [0.1, 0.15) is 5.54 Å². The second-order valence-corrected chi connectivity index (χ2v) is 4.46. The maximum absolute atomic E-state index is 11.6. The Morgan fingerprint density at radius 1 is 1.31 bits per heavy atom. The molecule has 2 saturated carbocycles. The fourth-order valence-corrected chi connectivity index (χ4v) is 3.27. The fourth-order valence-electron chi connectivity index (χ4n) is 3.27. The number of hydrogen-bond donors (Lipinski definition) is 2. The van der Waals surface area contributed by atoms with Crippen molar-refractivity contribution in [2.45, 2.75) is 31.2 Å². The van der Waals surface area contributed by atoms with Gasteiger partial charge in [-0.05, 0) is 37.5 Å². The predicted octanol–water partition coefficient (Wildman–Crippen LogP) is 0.385. The molecule has 0 unspecified atom stereocenters. The van der Waals surface area contributed by atoms with E-state index in [1.165, 1.54) is 6.42 Å². The van der Waals surface area contributed by atoms with Crippen LogP contribution in [0.2, 0.25) is 0 Å². The second kappa shape index (κ2) is 2.05. The summed E-state index contributed by atoms with van der Waals surface area (Å²) >= 11 is 0. The van der Waals surface area contributed by atoms with E-state index in [4.69, 9.17) is 0 Å². The summed E-state index contributed by atoms with van der Waals surface area (Å²) in [6, 6.07) is -0.308. The smallest absolute Gasteiger partial charge is 0.322 e. The van der Waals surface area contributed by atoms with Crippen molar-refractivity contribution in [3.05, 3.63) is 0 Å². The topological polar surface area (TPSA) is 58.2 Å². The van der Waals surface area contributed by atoms with Crippen molar-refractivity contribution in [3.63, 3.8) is 0 Å². The Balaban J connectivity index is 1.98. The minimum absolute atomic E-state index is 0.0929. The lowest BCUT2D eigenvalue weighted by atomic mass is 9.81. The molecule has 3 atom stereocenters. The van der Waals surface area contributed by atoms with Crippen LogP contribution in [0.3, 0.4) is 0 Å². The van der Waals surface area contributed by atoms with Gasteiger partial charge in [0.15, 0.2) is 0 Å². The van der Waals surface area contributed by atoms with Crippen molar-refractivity contribution in [2.24, 2.45) is 11.8 Å². The zero-order valence-corrected chi connectivity index (χ0v) is 7.30. The van der Waals surface area contributed by atoms with Crippen LogP contribution in [0.5, 0.6) is 0 Å². The van der Waals surface area contributed by atoms with Gasteiger partial charge in [-0.2, -0.15) is 0 Å². The molecule has 1 saturated heterocycles. The lowest BCUT2D eigenvalue weighted by Crippen LogP contribution is -2.51. The van der Waals surface area contributed by atoms with E-state index in [0.717, 1.165) is 19.3 Å². The Labute approximate surface area is 76.1 Å². The van der Waals surface area contributed by atoms with E-state index in [1.807, 2.05) is 0 Å². The van der Waals surface area contributed by atoms with Crippen molar-refractivity contribution in [2.75, 3.05) is 0 Å². The molecule has 3 amide bonds. The number of rotatable bonds is 0. The molecule has 3 aliphatic rings. The SMILES string of the molecule is O=C1NC(=O)[C@@]2(C[C@@H]3CC[C@@H]2C3)N1. The Bertz CT molecular complexity index is 302. The van der Waals surface area contributed by atoms with Crippen LogP contribution < -0.4 is 10.6 Å². The molecule has 2 aliphatic carbocycles. The summed E-state index contributed by atoms with van der Waals surface area (Å²) < 4.78 is 0. The maximum atomic E-state index is 11.6. The average Bonchev–Trinajstić information content (AvgIpc) is 2.68. The van der Waals surface area contributed by atoms with Gasteiger partial charge in [0, 0.05) is 0 Å². The molecule has 2 N–H and O–H groups in total. The molecule has 1 spiro atoms. The van der Waals surface area contributed by atoms with E-state index >= 15 is 0 Å². The molecule has 0 aromatic heterocycles. The first-order valence-electron chi connectivity index (χ1n) is 4.84. The van der Waals surface area contributed by atoms with Crippen molar-refractivity contribution in [1.29, 1.82) is 0 Å². The normalized spacial score (nSPS) is 47.1. The van der Waals surface area contributed by atoms with E-state index in [0.29, 0.717) is 11.8 Å². The molecule has 4 heteroatoms. The molecule has 0 radical (unpaired) electrons. The summed E-state index contributed by atoms with van der Waals surface area (Å²) in [6.45, 7) is 0. The van der Waals surface area contributed by atoms with Crippen LogP contribution in [0.15, 0.2) is 0 Å². The molecule has 0 aromatic rings. The van der Waals surface area contributed by atoms with Gasteiger partial charge in [-0.25, -0.2) is 4.79 Å². The molecule has 3 fully saturated rings. The van der Waals surface area contributed by atoms with Crippen LogP contribution in [0.1, 0.15) is 25.7 Å². The minimum atomic E-state index is -0.514. The highest BCUT2D eigenvalue weighted by Gasteiger charge is 2.59. The number of imide groups is 1.